The fourth-order valence-electron chi connectivity index (χ4n) is 2.69. The van der Waals surface area contributed by atoms with E-state index < -0.39 is 0 Å². The van der Waals surface area contributed by atoms with Gasteiger partial charge < -0.3 is 11.1 Å². The number of likely N-dealkylation sites (tertiary alicyclic amines) is 1. The number of aliphatic imine (C=N–C) groups is 1. The van der Waals surface area contributed by atoms with Crippen LogP contribution in [0.25, 0.3) is 0 Å². The number of nitrogens with zero attached hydrogens (tertiary/aromatic N) is 2. The van der Waals surface area contributed by atoms with Crippen LogP contribution in [0.2, 0.25) is 0 Å². The lowest BCUT2D eigenvalue weighted by Crippen LogP contribution is -2.50. The lowest BCUT2D eigenvalue weighted by molar-refractivity contribution is 0.110. The van der Waals surface area contributed by atoms with E-state index in [1.807, 2.05) is 0 Å². The third kappa shape index (κ3) is 6.12. The van der Waals surface area contributed by atoms with Gasteiger partial charge in [0.05, 0.1) is 0 Å². The maximum atomic E-state index is 5.94. The number of rotatable bonds is 6. The molecule has 118 valence electrons. The molecule has 0 aromatic heterocycles. The van der Waals surface area contributed by atoms with Crippen LogP contribution < -0.4 is 11.1 Å². The zero-order valence-corrected chi connectivity index (χ0v) is 14.0. The van der Waals surface area contributed by atoms with Crippen molar-refractivity contribution in [3.8, 4) is 0 Å². The molecule has 20 heavy (non-hydrogen) atoms. The molecule has 1 heterocycles. The van der Waals surface area contributed by atoms with Crippen LogP contribution in [0, 0.1) is 17.8 Å². The summed E-state index contributed by atoms with van der Waals surface area (Å²) in [7, 11) is 0. The number of hydrogen-bond acceptors (Lipinski definition) is 2. The molecule has 0 aromatic carbocycles. The van der Waals surface area contributed by atoms with Gasteiger partial charge in [-0.05, 0) is 43.7 Å². The van der Waals surface area contributed by atoms with E-state index in [1.165, 1.54) is 25.9 Å². The highest BCUT2D eigenvalue weighted by Crippen LogP contribution is 2.20. The maximum absolute atomic E-state index is 5.94. The normalized spacial score (nSPS) is 20.6. The molecule has 0 bridgehead atoms. The molecule has 1 saturated heterocycles. The van der Waals surface area contributed by atoms with Gasteiger partial charge in [0.1, 0.15) is 0 Å². The van der Waals surface area contributed by atoms with Crippen molar-refractivity contribution < 1.29 is 0 Å². The third-order valence-corrected chi connectivity index (χ3v) is 4.18. The summed E-state index contributed by atoms with van der Waals surface area (Å²) in [6.07, 6.45) is 2.64. The number of piperidine rings is 1. The molecule has 0 aromatic rings. The second-order valence-electron chi connectivity index (χ2n) is 7.03. The SMILES string of the molecule is CC(C)CN=C(N)NCC(C(C)C)N1CCC(C)CC1. The summed E-state index contributed by atoms with van der Waals surface area (Å²) in [5.41, 5.74) is 5.94. The van der Waals surface area contributed by atoms with E-state index in [4.69, 9.17) is 5.73 Å². The van der Waals surface area contributed by atoms with Crippen LogP contribution >= 0.6 is 0 Å². The first-order valence-electron chi connectivity index (χ1n) is 8.18. The molecule has 1 unspecified atom stereocenters. The Kier molecular flexibility index (Phi) is 7.35. The molecule has 4 nitrogen and oxygen atoms in total. The van der Waals surface area contributed by atoms with E-state index in [-0.39, 0.29) is 0 Å². The Morgan fingerprint density at radius 3 is 2.35 bits per heavy atom. The largest absolute Gasteiger partial charge is 0.370 e. The Morgan fingerprint density at radius 1 is 1.25 bits per heavy atom. The summed E-state index contributed by atoms with van der Waals surface area (Å²) >= 11 is 0. The van der Waals surface area contributed by atoms with Crippen LogP contribution in [0.15, 0.2) is 4.99 Å². The van der Waals surface area contributed by atoms with Crippen LogP contribution in [0.5, 0.6) is 0 Å². The zero-order chi connectivity index (χ0) is 15.1. The van der Waals surface area contributed by atoms with Crippen molar-refractivity contribution in [1.82, 2.24) is 10.2 Å². The van der Waals surface area contributed by atoms with E-state index in [9.17, 15) is 0 Å². The number of nitrogens with one attached hydrogen (secondary N) is 1. The van der Waals surface area contributed by atoms with E-state index >= 15 is 0 Å². The highest BCUT2D eigenvalue weighted by atomic mass is 15.2. The van der Waals surface area contributed by atoms with E-state index in [1.54, 1.807) is 0 Å². The van der Waals surface area contributed by atoms with Gasteiger partial charge in [-0.25, -0.2) is 0 Å². The maximum Gasteiger partial charge on any atom is 0.188 e. The number of nitrogens with two attached hydrogens (primary N) is 1. The Hall–Kier alpha value is -0.770. The van der Waals surface area contributed by atoms with Crippen molar-refractivity contribution in [3.63, 3.8) is 0 Å². The Labute approximate surface area is 125 Å². The van der Waals surface area contributed by atoms with Crippen LogP contribution in [0.1, 0.15) is 47.5 Å². The fourth-order valence-corrected chi connectivity index (χ4v) is 2.69. The molecular weight excluding hydrogens is 248 g/mol. The van der Waals surface area contributed by atoms with Crippen LogP contribution in [0.3, 0.4) is 0 Å². The molecule has 1 rings (SSSR count). The Bertz CT molecular complexity index is 291. The molecule has 0 saturated carbocycles. The van der Waals surface area contributed by atoms with Crippen molar-refractivity contribution in [1.29, 1.82) is 0 Å². The minimum atomic E-state index is 0.551. The summed E-state index contributed by atoms with van der Waals surface area (Å²) in [5, 5.41) is 3.31. The minimum Gasteiger partial charge on any atom is -0.370 e. The van der Waals surface area contributed by atoms with Gasteiger partial charge in [0.25, 0.3) is 0 Å². The van der Waals surface area contributed by atoms with E-state index in [0.717, 1.165) is 19.0 Å². The Morgan fingerprint density at radius 2 is 1.85 bits per heavy atom. The highest BCUT2D eigenvalue weighted by molar-refractivity contribution is 5.77. The molecule has 3 N–H and O–H groups in total. The molecule has 4 heteroatoms. The first-order chi connectivity index (χ1) is 9.40. The van der Waals surface area contributed by atoms with Crippen LogP contribution in [-0.2, 0) is 0 Å². The number of guanidine groups is 1. The number of hydrogen-bond donors (Lipinski definition) is 2. The van der Waals surface area contributed by atoms with E-state index in [2.05, 4.69) is 49.8 Å². The predicted octanol–water partition coefficient (Wildman–Crippen LogP) is 2.30. The second-order valence-corrected chi connectivity index (χ2v) is 7.03. The fraction of sp³-hybridized carbons (Fsp3) is 0.938. The smallest absolute Gasteiger partial charge is 0.188 e. The summed E-state index contributed by atoms with van der Waals surface area (Å²) in [6, 6.07) is 0.551. The summed E-state index contributed by atoms with van der Waals surface area (Å²) in [6.45, 7) is 15.4. The summed E-state index contributed by atoms with van der Waals surface area (Å²) in [4.78, 5) is 7.00. The lowest BCUT2D eigenvalue weighted by atomic mass is 9.94. The van der Waals surface area contributed by atoms with Gasteiger partial charge >= 0.3 is 0 Å². The topological polar surface area (TPSA) is 53.6 Å². The monoisotopic (exact) mass is 282 g/mol. The van der Waals surface area contributed by atoms with Crippen molar-refractivity contribution in [2.45, 2.75) is 53.5 Å². The highest BCUT2D eigenvalue weighted by Gasteiger charge is 2.25. The van der Waals surface area contributed by atoms with Crippen molar-refractivity contribution in [3.05, 3.63) is 0 Å². The van der Waals surface area contributed by atoms with Gasteiger partial charge in [-0.2, -0.15) is 0 Å². The van der Waals surface area contributed by atoms with Gasteiger partial charge in [0.2, 0.25) is 0 Å². The molecule has 0 aliphatic carbocycles. The molecule has 1 aliphatic rings. The molecule has 0 radical (unpaired) electrons. The molecule has 0 spiro atoms. The second kappa shape index (κ2) is 8.50. The quantitative estimate of drug-likeness (QED) is 0.580. The minimum absolute atomic E-state index is 0.551. The van der Waals surface area contributed by atoms with Crippen LogP contribution in [-0.4, -0.2) is 43.1 Å². The van der Waals surface area contributed by atoms with E-state index in [0.29, 0.717) is 23.8 Å². The van der Waals surface area contributed by atoms with Gasteiger partial charge in [0, 0.05) is 19.1 Å². The first-order valence-corrected chi connectivity index (χ1v) is 8.18. The van der Waals surface area contributed by atoms with Gasteiger partial charge in [-0.3, -0.25) is 9.89 Å². The molecule has 1 fully saturated rings. The predicted molar refractivity (Wildman–Crippen MR) is 87.9 cm³/mol. The van der Waals surface area contributed by atoms with Gasteiger partial charge in [-0.1, -0.05) is 34.6 Å². The average Bonchev–Trinajstić information content (AvgIpc) is 2.38. The van der Waals surface area contributed by atoms with Gasteiger partial charge in [-0.15, -0.1) is 0 Å². The zero-order valence-electron chi connectivity index (χ0n) is 14.0. The van der Waals surface area contributed by atoms with Crippen molar-refractivity contribution in [2.24, 2.45) is 28.5 Å². The summed E-state index contributed by atoms with van der Waals surface area (Å²) < 4.78 is 0. The van der Waals surface area contributed by atoms with Crippen LogP contribution in [0.4, 0.5) is 0 Å². The average molecular weight is 282 g/mol. The molecule has 0 amide bonds. The Balaban J connectivity index is 2.45. The molecule has 1 atom stereocenters. The lowest BCUT2D eigenvalue weighted by Gasteiger charge is -2.39. The standard InChI is InChI=1S/C16H34N4/c1-12(2)10-18-16(17)19-11-15(13(3)4)20-8-6-14(5)7-9-20/h12-15H,6-11H2,1-5H3,(H3,17,18,19). The molecule has 1 aliphatic heterocycles. The van der Waals surface area contributed by atoms with Crippen molar-refractivity contribution >= 4 is 5.96 Å². The van der Waals surface area contributed by atoms with Gasteiger partial charge in [0.15, 0.2) is 5.96 Å². The summed E-state index contributed by atoms with van der Waals surface area (Å²) in [5.74, 6) is 2.66. The van der Waals surface area contributed by atoms with Crippen molar-refractivity contribution in [2.75, 3.05) is 26.2 Å². The third-order valence-electron chi connectivity index (χ3n) is 4.18. The molecular formula is C16H34N4. The first kappa shape index (κ1) is 17.3.